The molecule has 0 aromatic carbocycles. The second kappa shape index (κ2) is 5.86. The van der Waals surface area contributed by atoms with Gasteiger partial charge < -0.3 is 5.32 Å². The van der Waals surface area contributed by atoms with Crippen molar-refractivity contribution in [2.45, 2.75) is 19.8 Å². The van der Waals surface area contributed by atoms with Crippen molar-refractivity contribution in [3.63, 3.8) is 0 Å². The van der Waals surface area contributed by atoms with Gasteiger partial charge in [0.2, 0.25) is 0 Å². The second-order valence-corrected chi connectivity index (χ2v) is 4.13. The van der Waals surface area contributed by atoms with Crippen LogP contribution in [-0.4, -0.2) is 25.4 Å². The van der Waals surface area contributed by atoms with Gasteiger partial charge in [0.25, 0.3) is 0 Å². The van der Waals surface area contributed by atoms with Crippen LogP contribution in [0.5, 0.6) is 0 Å². The quantitative estimate of drug-likeness (QED) is 0.495. The van der Waals surface area contributed by atoms with Crippen molar-refractivity contribution >= 4 is 11.9 Å². The van der Waals surface area contributed by atoms with Crippen LogP contribution in [-0.2, 0) is 0 Å². The third kappa shape index (κ3) is 3.99. The molecule has 0 aromatic rings. The number of piperidine rings is 1. The first kappa shape index (κ1) is 9.36. The molecule has 1 saturated heterocycles. The summed E-state index contributed by atoms with van der Waals surface area (Å²) >= 11 is 1.83. The molecule has 2 nitrogen and oxygen atoms in total. The van der Waals surface area contributed by atoms with Crippen LogP contribution in [0, 0.1) is 5.92 Å². The minimum atomic E-state index is 0.912. The van der Waals surface area contributed by atoms with E-state index in [2.05, 4.69) is 17.0 Å². The Balaban J connectivity index is 1.96. The first-order chi connectivity index (χ1) is 5.43. The van der Waals surface area contributed by atoms with Gasteiger partial charge >= 0.3 is 0 Å². The molecule has 0 amide bonds. The highest BCUT2D eigenvalue weighted by Crippen LogP contribution is 2.10. The smallest absolute Gasteiger partial charge is 0.00878 e. The lowest BCUT2D eigenvalue weighted by molar-refractivity contribution is 0.376. The molecule has 1 fully saturated rings. The molecule has 0 spiro atoms. The largest absolute Gasteiger partial charge is 0.317 e. The Morgan fingerprint density at radius 2 is 2.18 bits per heavy atom. The summed E-state index contributed by atoms with van der Waals surface area (Å²) in [6.07, 6.45) is 2.69. The lowest BCUT2D eigenvalue weighted by atomic mass is 9.99. The molecular weight excluding hydrogens is 156 g/mol. The Kier molecular flexibility index (Phi) is 4.99. The van der Waals surface area contributed by atoms with E-state index in [0.717, 1.165) is 5.92 Å². The summed E-state index contributed by atoms with van der Waals surface area (Å²) in [6, 6.07) is 0. The summed E-state index contributed by atoms with van der Waals surface area (Å²) < 4.78 is 3.39. The van der Waals surface area contributed by atoms with Gasteiger partial charge in [-0.2, -0.15) is 0 Å². The van der Waals surface area contributed by atoms with E-state index in [-0.39, 0.29) is 0 Å². The van der Waals surface area contributed by atoms with E-state index >= 15 is 0 Å². The van der Waals surface area contributed by atoms with Gasteiger partial charge in [0.05, 0.1) is 0 Å². The van der Waals surface area contributed by atoms with E-state index in [0.29, 0.717) is 0 Å². The van der Waals surface area contributed by atoms with Crippen molar-refractivity contribution in [2.75, 3.05) is 25.4 Å². The molecule has 0 unspecified atom stereocenters. The van der Waals surface area contributed by atoms with Gasteiger partial charge in [0.15, 0.2) is 0 Å². The predicted octanol–water partition coefficient (Wildman–Crippen LogP) is 1.24. The highest BCUT2D eigenvalue weighted by Gasteiger charge is 2.11. The summed E-state index contributed by atoms with van der Waals surface area (Å²) in [7, 11) is 0. The topological polar surface area (TPSA) is 24.1 Å². The van der Waals surface area contributed by atoms with Crippen molar-refractivity contribution in [3.05, 3.63) is 0 Å². The summed E-state index contributed by atoms with van der Waals surface area (Å²) in [5, 5.41) is 3.37. The molecule has 0 aromatic heterocycles. The van der Waals surface area contributed by atoms with Gasteiger partial charge in [-0.15, -0.1) is 0 Å². The molecule has 0 aliphatic carbocycles. The standard InChI is InChI=1S/C8H18N2S/c1-2-11-10-7-8-3-5-9-6-4-8/h8-10H,2-7H2,1H3. The molecule has 66 valence electrons. The summed E-state index contributed by atoms with van der Waals surface area (Å²) in [6.45, 7) is 5.80. The molecule has 0 radical (unpaired) electrons. The molecule has 1 heterocycles. The first-order valence-corrected chi connectivity index (χ1v) is 5.47. The second-order valence-electron chi connectivity index (χ2n) is 2.97. The average molecular weight is 174 g/mol. The highest BCUT2D eigenvalue weighted by atomic mass is 32.2. The zero-order chi connectivity index (χ0) is 7.94. The zero-order valence-electron chi connectivity index (χ0n) is 7.23. The fourth-order valence-electron chi connectivity index (χ4n) is 1.36. The van der Waals surface area contributed by atoms with Crippen LogP contribution in [0.3, 0.4) is 0 Å². The maximum Gasteiger partial charge on any atom is 0.00878 e. The van der Waals surface area contributed by atoms with Crippen LogP contribution >= 0.6 is 11.9 Å². The van der Waals surface area contributed by atoms with Crippen molar-refractivity contribution in [2.24, 2.45) is 5.92 Å². The van der Waals surface area contributed by atoms with Crippen LogP contribution in [0.1, 0.15) is 19.8 Å². The SMILES string of the molecule is CCSNCC1CCNCC1. The zero-order valence-corrected chi connectivity index (χ0v) is 8.04. The molecular formula is C8H18N2S. The summed E-state index contributed by atoms with van der Waals surface area (Å²) in [4.78, 5) is 0. The highest BCUT2D eigenvalue weighted by molar-refractivity contribution is 7.97. The van der Waals surface area contributed by atoms with Gasteiger partial charge in [0, 0.05) is 12.3 Å². The predicted molar refractivity (Wildman–Crippen MR) is 51.7 cm³/mol. The molecule has 0 atom stereocenters. The van der Waals surface area contributed by atoms with E-state index in [1.165, 1.54) is 38.2 Å². The third-order valence-electron chi connectivity index (χ3n) is 2.08. The summed E-state index contributed by atoms with van der Waals surface area (Å²) in [5.74, 6) is 2.08. The minimum Gasteiger partial charge on any atom is -0.317 e. The van der Waals surface area contributed by atoms with Crippen molar-refractivity contribution in [1.82, 2.24) is 10.0 Å². The molecule has 0 saturated carbocycles. The average Bonchev–Trinajstić information content (AvgIpc) is 2.07. The first-order valence-electron chi connectivity index (χ1n) is 4.49. The normalized spacial score (nSPS) is 20.5. The summed E-state index contributed by atoms with van der Waals surface area (Å²) in [5.41, 5.74) is 0. The van der Waals surface area contributed by atoms with Gasteiger partial charge in [-0.25, -0.2) is 0 Å². The monoisotopic (exact) mass is 174 g/mol. The van der Waals surface area contributed by atoms with Crippen LogP contribution in [0.2, 0.25) is 0 Å². The fourth-order valence-corrected chi connectivity index (χ4v) is 1.92. The fraction of sp³-hybridized carbons (Fsp3) is 1.00. The van der Waals surface area contributed by atoms with Gasteiger partial charge in [-0.05, 0) is 31.8 Å². The minimum absolute atomic E-state index is 0.912. The Morgan fingerprint density at radius 1 is 1.45 bits per heavy atom. The number of hydrogen-bond acceptors (Lipinski definition) is 3. The lowest BCUT2D eigenvalue weighted by Gasteiger charge is -2.22. The molecule has 2 N–H and O–H groups in total. The van der Waals surface area contributed by atoms with Crippen LogP contribution in [0.4, 0.5) is 0 Å². The Labute approximate surface area is 73.6 Å². The van der Waals surface area contributed by atoms with Gasteiger partial charge in [-0.1, -0.05) is 18.9 Å². The Bertz CT molecular complexity index is 92.1. The number of nitrogens with one attached hydrogen (secondary N) is 2. The van der Waals surface area contributed by atoms with Crippen molar-refractivity contribution in [3.8, 4) is 0 Å². The van der Waals surface area contributed by atoms with E-state index in [9.17, 15) is 0 Å². The van der Waals surface area contributed by atoms with E-state index in [1.54, 1.807) is 0 Å². The maximum absolute atomic E-state index is 3.39. The molecule has 0 bridgehead atoms. The number of hydrogen-bond donors (Lipinski definition) is 2. The van der Waals surface area contributed by atoms with Gasteiger partial charge in [-0.3, -0.25) is 4.72 Å². The third-order valence-corrected chi connectivity index (χ3v) is 2.74. The van der Waals surface area contributed by atoms with E-state index in [4.69, 9.17) is 0 Å². The van der Waals surface area contributed by atoms with Crippen LogP contribution in [0.25, 0.3) is 0 Å². The maximum atomic E-state index is 3.39. The molecule has 1 rings (SSSR count). The molecule has 11 heavy (non-hydrogen) atoms. The van der Waals surface area contributed by atoms with Crippen LogP contribution < -0.4 is 10.0 Å². The number of rotatable bonds is 4. The van der Waals surface area contributed by atoms with Crippen molar-refractivity contribution in [1.29, 1.82) is 0 Å². The molecule has 3 heteroatoms. The molecule has 1 aliphatic heterocycles. The van der Waals surface area contributed by atoms with E-state index < -0.39 is 0 Å². The lowest BCUT2D eigenvalue weighted by Crippen LogP contribution is -2.32. The van der Waals surface area contributed by atoms with E-state index in [1.807, 2.05) is 11.9 Å². The van der Waals surface area contributed by atoms with Gasteiger partial charge in [0.1, 0.15) is 0 Å². The Hall–Kier alpha value is 0.270. The molecule has 1 aliphatic rings. The van der Waals surface area contributed by atoms with Crippen molar-refractivity contribution < 1.29 is 0 Å². The Morgan fingerprint density at radius 3 is 2.82 bits per heavy atom. The van der Waals surface area contributed by atoms with Crippen LogP contribution in [0.15, 0.2) is 0 Å².